The van der Waals surface area contributed by atoms with Crippen LogP contribution in [0.4, 0.5) is 0 Å². The monoisotopic (exact) mass is 1410 g/mol. The van der Waals surface area contributed by atoms with Crippen molar-refractivity contribution in [2.45, 2.75) is 395 Å². The molecular formula is C72H133O24P. The minimum atomic E-state index is -5.70. The number of phosphoric ester groups is 1. The average Bonchev–Trinajstić information content (AvgIpc) is 0.764. The van der Waals surface area contributed by atoms with Crippen LogP contribution in [0.15, 0.2) is 12.2 Å². The van der Waals surface area contributed by atoms with Gasteiger partial charge in [-0.15, -0.1) is 0 Å². The van der Waals surface area contributed by atoms with Gasteiger partial charge in [0, 0.05) is 19.3 Å². The number of allylic oxidation sites excluding steroid dienone is 2. The lowest BCUT2D eigenvalue weighted by molar-refractivity contribution is -0.360. The maximum atomic E-state index is 14.3. The van der Waals surface area contributed by atoms with Crippen LogP contribution in [0.25, 0.3) is 0 Å². The molecule has 1 aliphatic carbocycles. The first-order valence-electron chi connectivity index (χ1n) is 37.9. The van der Waals surface area contributed by atoms with Crippen LogP contribution in [0.5, 0.6) is 0 Å². The Kier molecular flexibility index (Phi) is 49.0. The number of aliphatic hydroxyl groups is 10. The minimum Gasteiger partial charge on any atom is -0.463 e. The molecule has 24 nitrogen and oxygen atoms in total. The predicted molar refractivity (Wildman–Crippen MR) is 365 cm³/mol. The second-order valence-corrected chi connectivity index (χ2v) is 29.0. The molecule has 0 radical (unpaired) electrons. The number of ether oxygens (including phenoxy) is 7. The number of unbranched alkanes of at least 4 members (excludes halogenated alkanes) is 31. The van der Waals surface area contributed by atoms with E-state index < -0.39 is 156 Å². The van der Waals surface area contributed by atoms with Crippen LogP contribution in [0.3, 0.4) is 0 Å². The lowest BCUT2D eigenvalue weighted by Gasteiger charge is -2.49. The summed E-state index contributed by atoms with van der Waals surface area (Å²) >= 11 is 0. The van der Waals surface area contributed by atoms with Gasteiger partial charge in [0.15, 0.2) is 18.7 Å². The van der Waals surface area contributed by atoms with Crippen LogP contribution in [0, 0.1) is 5.92 Å². The van der Waals surface area contributed by atoms with Crippen molar-refractivity contribution >= 4 is 25.7 Å². The first kappa shape index (κ1) is 88.9. The number of phosphoric acid groups is 1. The fourth-order valence-corrected chi connectivity index (χ4v) is 13.6. The summed E-state index contributed by atoms with van der Waals surface area (Å²) in [5.74, 6) is -1.31. The molecule has 0 bridgehead atoms. The Hall–Kier alpha value is -2.30. The molecule has 19 unspecified atom stereocenters. The molecule has 0 aromatic carbocycles. The third-order valence-corrected chi connectivity index (χ3v) is 19.9. The van der Waals surface area contributed by atoms with Crippen LogP contribution in [-0.4, -0.2) is 204 Å². The molecule has 0 spiro atoms. The summed E-state index contributed by atoms with van der Waals surface area (Å²) in [6.07, 6.45) is 10.1. The van der Waals surface area contributed by atoms with Gasteiger partial charge in [-0.25, -0.2) is 4.57 Å². The van der Waals surface area contributed by atoms with Gasteiger partial charge in [-0.05, 0) is 50.9 Å². The molecule has 3 fully saturated rings. The van der Waals surface area contributed by atoms with Crippen molar-refractivity contribution in [2.24, 2.45) is 5.92 Å². The van der Waals surface area contributed by atoms with Crippen molar-refractivity contribution in [3.63, 3.8) is 0 Å². The first-order chi connectivity index (χ1) is 46.7. The van der Waals surface area contributed by atoms with Crippen LogP contribution in [0.1, 0.15) is 291 Å². The maximum absolute atomic E-state index is 14.3. The van der Waals surface area contributed by atoms with Crippen LogP contribution < -0.4 is 0 Å². The summed E-state index contributed by atoms with van der Waals surface area (Å²) in [6.45, 7) is 5.74. The Morgan fingerprint density at radius 3 is 1.23 bits per heavy atom. The molecule has 11 N–H and O–H groups in total. The number of aliphatic hydroxyl groups excluding tert-OH is 10. The Balaban J connectivity index is 1.74. The van der Waals surface area contributed by atoms with Gasteiger partial charge in [0.2, 0.25) is 0 Å². The summed E-state index contributed by atoms with van der Waals surface area (Å²) < 4.78 is 65.0. The summed E-state index contributed by atoms with van der Waals surface area (Å²) in [5, 5.41) is 110. The molecule has 1 saturated carbocycles. The lowest BCUT2D eigenvalue weighted by Crippen LogP contribution is -2.69. The predicted octanol–water partition coefficient (Wildman–Crippen LogP) is 10.2. The van der Waals surface area contributed by atoms with Gasteiger partial charge in [-0.1, -0.05) is 239 Å². The van der Waals surface area contributed by atoms with E-state index in [4.69, 9.17) is 42.2 Å². The highest BCUT2D eigenvalue weighted by molar-refractivity contribution is 7.47. The van der Waals surface area contributed by atoms with Gasteiger partial charge in [0.1, 0.15) is 98.7 Å². The summed E-state index contributed by atoms with van der Waals surface area (Å²) in [6, 6.07) is 0. The van der Waals surface area contributed by atoms with Crippen molar-refractivity contribution in [1.82, 2.24) is 0 Å². The fraction of sp³-hybridized carbons (Fsp3) is 0.931. The fourth-order valence-electron chi connectivity index (χ4n) is 12.6. The molecule has 2 heterocycles. The Morgan fingerprint density at radius 1 is 0.423 bits per heavy atom. The molecule has 97 heavy (non-hydrogen) atoms. The molecule has 570 valence electrons. The number of hydrogen-bond acceptors (Lipinski definition) is 23. The smallest absolute Gasteiger partial charge is 0.463 e. The topological polar surface area (TPSA) is 374 Å². The van der Waals surface area contributed by atoms with E-state index in [9.17, 15) is 74.9 Å². The van der Waals surface area contributed by atoms with Gasteiger partial charge in [0.05, 0.1) is 13.2 Å². The summed E-state index contributed by atoms with van der Waals surface area (Å²) in [5.41, 5.74) is 0. The van der Waals surface area contributed by atoms with Crippen molar-refractivity contribution in [3.05, 3.63) is 12.2 Å². The standard InChI is InChI=1S/C72H133O24P/c1-5-8-11-14-17-19-21-23-25-27-29-35-40-45-56(74)88-49-53(91-58(76)47-42-37-30-28-26-24-22-20-18-15-12-9-6-2)50-90-97(86,87)96-70-68(94-71-66(84)61(79)59(77)54(48-73)92-71)64(82)63(81)65(83)69(70)95-72-67(85)62(80)60(78)55(93-72)51-89-57(75)46-41-36-32-31-34-39-44-52(4)43-38-33-16-13-10-7-3/h24,26,52-55,59-73,77-85H,5-23,25,27-51H2,1-4H3,(H,86,87)/b26-24-. The highest BCUT2D eigenvalue weighted by Crippen LogP contribution is 2.49. The van der Waals surface area contributed by atoms with E-state index in [0.29, 0.717) is 31.6 Å². The quantitative estimate of drug-likeness (QED) is 0.00886. The summed E-state index contributed by atoms with van der Waals surface area (Å²) in [7, 11) is -5.70. The zero-order valence-electron chi connectivity index (χ0n) is 59.5. The Bertz CT molecular complexity index is 2080. The molecular weight excluding hydrogens is 1280 g/mol. The molecule has 2 aliphatic heterocycles. The number of rotatable bonds is 58. The highest BCUT2D eigenvalue weighted by Gasteiger charge is 2.58. The summed E-state index contributed by atoms with van der Waals surface area (Å²) in [4.78, 5) is 51.0. The van der Waals surface area contributed by atoms with Crippen molar-refractivity contribution in [1.29, 1.82) is 0 Å². The maximum Gasteiger partial charge on any atom is 0.472 e. The van der Waals surface area contributed by atoms with Gasteiger partial charge >= 0.3 is 25.7 Å². The van der Waals surface area contributed by atoms with Crippen molar-refractivity contribution < 1.29 is 117 Å². The first-order valence-corrected chi connectivity index (χ1v) is 39.4. The molecule has 0 amide bonds. The molecule has 3 aliphatic rings. The zero-order chi connectivity index (χ0) is 71.2. The van der Waals surface area contributed by atoms with E-state index >= 15 is 0 Å². The highest BCUT2D eigenvalue weighted by atomic mass is 31.2. The molecule has 0 aromatic rings. The second-order valence-electron chi connectivity index (χ2n) is 27.6. The lowest BCUT2D eigenvalue weighted by atomic mass is 9.84. The van der Waals surface area contributed by atoms with Crippen molar-refractivity contribution in [2.75, 3.05) is 26.4 Å². The molecule has 25 heteroatoms. The number of esters is 3. The van der Waals surface area contributed by atoms with E-state index in [2.05, 4.69) is 39.8 Å². The second kappa shape index (κ2) is 53.5. The van der Waals surface area contributed by atoms with E-state index in [-0.39, 0.29) is 19.3 Å². The van der Waals surface area contributed by atoms with E-state index in [1.54, 1.807) is 0 Å². The van der Waals surface area contributed by atoms with Gasteiger partial charge in [-0.2, -0.15) is 0 Å². The zero-order valence-corrected chi connectivity index (χ0v) is 60.4. The number of carbonyl (C=O) groups is 3. The van der Waals surface area contributed by atoms with Gasteiger partial charge in [-0.3, -0.25) is 23.4 Å². The van der Waals surface area contributed by atoms with Gasteiger partial charge < -0.3 is 89.1 Å². The van der Waals surface area contributed by atoms with E-state index in [0.717, 1.165) is 89.9 Å². The molecule has 19 atom stereocenters. The normalized spacial score (nSPS) is 28.2. The Labute approximate surface area is 580 Å². The average molecular weight is 1410 g/mol. The van der Waals surface area contributed by atoms with Crippen LogP contribution in [-0.2, 0) is 61.2 Å². The van der Waals surface area contributed by atoms with E-state index in [1.165, 1.54) is 128 Å². The minimum absolute atomic E-state index is 0.0291. The van der Waals surface area contributed by atoms with Crippen LogP contribution >= 0.6 is 7.82 Å². The van der Waals surface area contributed by atoms with Crippen molar-refractivity contribution in [3.8, 4) is 0 Å². The van der Waals surface area contributed by atoms with Gasteiger partial charge in [0.25, 0.3) is 0 Å². The largest absolute Gasteiger partial charge is 0.472 e. The third kappa shape index (κ3) is 37.1. The molecule has 3 rings (SSSR count). The SMILES string of the molecule is CCCCCCCC/C=C\CCCCCC(=O)OC(COC(=O)CCCCCCCCCCCCCCC)COP(=O)(O)OC1C(OC2OC(CO)C(O)C(O)C2O)C(O)C(O)C(O)C1OC1OC(COC(=O)CCCCCCCCC(C)CCCCCCCC)C(O)C(O)C1O. The Morgan fingerprint density at radius 2 is 0.784 bits per heavy atom. The van der Waals surface area contributed by atoms with E-state index in [1.807, 2.05) is 0 Å². The number of carbonyl (C=O) groups excluding carboxylic acids is 3. The van der Waals surface area contributed by atoms with Crippen LogP contribution in [0.2, 0.25) is 0 Å². The number of hydrogen-bond donors (Lipinski definition) is 11. The third-order valence-electron chi connectivity index (χ3n) is 18.9. The molecule has 0 aromatic heterocycles. The molecule has 2 saturated heterocycles.